The number of carbonyl (C=O) groups is 1. The number of esters is 1. The molecule has 0 saturated carbocycles. The summed E-state index contributed by atoms with van der Waals surface area (Å²) >= 11 is 0. The average molecular weight is 440 g/mol. The summed E-state index contributed by atoms with van der Waals surface area (Å²) < 4.78 is 11.1. The minimum Gasteiger partial charge on any atom is -0.427 e. The van der Waals surface area contributed by atoms with Gasteiger partial charge in [0.2, 0.25) is 0 Å². The standard InChI is InChI=1S/C28H41NO3/c1-4-6-9-20-31-21-10-12-24-14-19-27(29-22-24)25-15-17-26(18-16-25)32-28(30)13-8-7-11-23(3)5-2/h14-19,22-23H,4-13,20-21H2,1-3H3. The first-order valence-electron chi connectivity index (χ1n) is 12.5. The van der Waals surface area contributed by atoms with Crippen molar-refractivity contribution < 1.29 is 14.3 Å². The second-order valence-corrected chi connectivity index (χ2v) is 8.73. The van der Waals surface area contributed by atoms with E-state index in [1.54, 1.807) is 0 Å². The third kappa shape index (κ3) is 10.4. The smallest absolute Gasteiger partial charge is 0.311 e. The Kier molecular flexibility index (Phi) is 12.7. The zero-order chi connectivity index (χ0) is 23.0. The normalized spacial score (nSPS) is 12.0. The predicted molar refractivity (Wildman–Crippen MR) is 132 cm³/mol. The molecule has 1 atom stereocenters. The van der Waals surface area contributed by atoms with E-state index in [1.165, 1.54) is 31.2 Å². The van der Waals surface area contributed by atoms with Crippen molar-refractivity contribution in [2.24, 2.45) is 5.92 Å². The van der Waals surface area contributed by atoms with Crippen LogP contribution in [0.1, 0.15) is 84.1 Å². The molecule has 0 spiro atoms. The van der Waals surface area contributed by atoms with Gasteiger partial charge in [-0.2, -0.15) is 0 Å². The molecule has 0 N–H and O–H groups in total. The van der Waals surface area contributed by atoms with Gasteiger partial charge in [-0.3, -0.25) is 9.78 Å². The maximum Gasteiger partial charge on any atom is 0.311 e. The summed E-state index contributed by atoms with van der Waals surface area (Å²) in [5, 5.41) is 0. The molecule has 1 heterocycles. The summed E-state index contributed by atoms with van der Waals surface area (Å²) in [4.78, 5) is 16.7. The zero-order valence-electron chi connectivity index (χ0n) is 20.3. The van der Waals surface area contributed by atoms with E-state index in [-0.39, 0.29) is 5.97 Å². The second kappa shape index (κ2) is 15.6. The highest BCUT2D eigenvalue weighted by molar-refractivity contribution is 5.72. The third-order valence-electron chi connectivity index (χ3n) is 5.88. The van der Waals surface area contributed by atoms with Gasteiger partial charge in [0.25, 0.3) is 0 Å². The number of rotatable bonds is 16. The summed E-state index contributed by atoms with van der Waals surface area (Å²) in [6.07, 6.45) is 12.4. The number of nitrogens with zero attached hydrogens (tertiary/aromatic N) is 1. The van der Waals surface area contributed by atoms with Crippen LogP contribution in [-0.2, 0) is 16.0 Å². The zero-order valence-corrected chi connectivity index (χ0v) is 20.3. The Morgan fingerprint density at radius 3 is 2.41 bits per heavy atom. The van der Waals surface area contributed by atoms with Crippen molar-refractivity contribution in [2.75, 3.05) is 13.2 Å². The number of unbranched alkanes of at least 4 members (excludes halogenated alkanes) is 3. The van der Waals surface area contributed by atoms with E-state index in [4.69, 9.17) is 9.47 Å². The van der Waals surface area contributed by atoms with Crippen LogP contribution < -0.4 is 4.74 Å². The molecule has 1 aromatic carbocycles. The number of pyridine rings is 1. The van der Waals surface area contributed by atoms with Crippen LogP contribution in [0.5, 0.6) is 5.75 Å². The Morgan fingerprint density at radius 2 is 1.72 bits per heavy atom. The van der Waals surface area contributed by atoms with Gasteiger partial charge >= 0.3 is 5.97 Å². The average Bonchev–Trinajstić information content (AvgIpc) is 2.82. The van der Waals surface area contributed by atoms with Crippen molar-refractivity contribution in [1.29, 1.82) is 0 Å². The maximum atomic E-state index is 12.0. The van der Waals surface area contributed by atoms with E-state index in [0.29, 0.717) is 12.2 Å². The lowest BCUT2D eigenvalue weighted by Crippen LogP contribution is -2.07. The lowest BCUT2D eigenvalue weighted by Gasteiger charge is -2.08. The summed E-state index contributed by atoms with van der Waals surface area (Å²) in [5.41, 5.74) is 3.17. The lowest BCUT2D eigenvalue weighted by molar-refractivity contribution is -0.134. The van der Waals surface area contributed by atoms with Crippen LogP contribution in [0.3, 0.4) is 0 Å². The van der Waals surface area contributed by atoms with Crippen molar-refractivity contribution in [3.05, 3.63) is 48.2 Å². The fourth-order valence-electron chi connectivity index (χ4n) is 3.52. The minimum atomic E-state index is -0.154. The van der Waals surface area contributed by atoms with E-state index in [0.717, 1.165) is 62.5 Å². The molecule has 0 fully saturated rings. The first kappa shape index (κ1) is 26.1. The number of hydrogen-bond donors (Lipinski definition) is 0. The minimum absolute atomic E-state index is 0.154. The van der Waals surface area contributed by atoms with Crippen molar-refractivity contribution >= 4 is 5.97 Å². The van der Waals surface area contributed by atoms with Gasteiger partial charge in [-0.15, -0.1) is 0 Å². The maximum absolute atomic E-state index is 12.0. The quantitative estimate of drug-likeness (QED) is 0.155. The van der Waals surface area contributed by atoms with Crippen LogP contribution in [-0.4, -0.2) is 24.2 Å². The Bertz CT molecular complexity index is 755. The van der Waals surface area contributed by atoms with Crippen molar-refractivity contribution in [1.82, 2.24) is 4.98 Å². The molecule has 1 aromatic heterocycles. The molecule has 0 amide bonds. The summed E-state index contributed by atoms with van der Waals surface area (Å²) in [6.45, 7) is 8.35. The molecule has 0 aliphatic heterocycles. The van der Waals surface area contributed by atoms with Gasteiger partial charge in [-0.25, -0.2) is 0 Å². The number of benzene rings is 1. The lowest BCUT2D eigenvalue weighted by atomic mass is 10.0. The molecule has 32 heavy (non-hydrogen) atoms. The molecule has 176 valence electrons. The fourth-order valence-corrected chi connectivity index (χ4v) is 3.52. The van der Waals surface area contributed by atoms with Crippen molar-refractivity contribution in [3.8, 4) is 17.0 Å². The molecule has 0 aliphatic rings. The highest BCUT2D eigenvalue weighted by Gasteiger charge is 2.07. The topological polar surface area (TPSA) is 48.4 Å². The molecule has 2 rings (SSSR count). The Morgan fingerprint density at radius 1 is 0.938 bits per heavy atom. The van der Waals surface area contributed by atoms with Crippen LogP contribution in [0.25, 0.3) is 11.3 Å². The third-order valence-corrected chi connectivity index (χ3v) is 5.88. The van der Waals surface area contributed by atoms with Gasteiger partial charge in [-0.1, -0.05) is 58.9 Å². The molecular formula is C28H41NO3. The molecule has 4 nitrogen and oxygen atoms in total. The van der Waals surface area contributed by atoms with E-state index < -0.39 is 0 Å². The highest BCUT2D eigenvalue weighted by atomic mass is 16.5. The molecule has 0 radical (unpaired) electrons. The molecule has 0 saturated heterocycles. The van der Waals surface area contributed by atoms with Crippen LogP contribution in [0, 0.1) is 5.92 Å². The summed E-state index contributed by atoms with van der Waals surface area (Å²) in [5.74, 6) is 1.17. The van der Waals surface area contributed by atoms with Crippen molar-refractivity contribution in [3.63, 3.8) is 0 Å². The summed E-state index contributed by atoms with van der Waals surface area (Å²) in [7, 11) is 0. The van der Waals surface area contributed by atoms with Gasteiger partial charge in [0.15, 0.2) is 0 Å². The van der Waals surface area contributed by atoms with Crippen LogP contribution in [0.2, 0.25) is 0 Å². The second-order valence-electron chi connectivity index (χ2n) is 8.73. The van der Waals surface area contributed by atoms with Gasteiger partial charge in [0, 0.05) is 31.4 Å². The van der Waals surface area contributed by atoms with E-state index in [1.807, 2.05) is 30.5 Å². The highest BCUT2D eigenvalue weighted by Crippen LogP contribution is 2.22. The van der Waals surface area contributed by atoms with Gasteiger partial charge in [-0.05, 0) is 67.5 Å². The Hall–Kier alpha value is -2.20. The SMILES string of the molecule is CCCCCOCCCc1ccc(-c2ccc(OC(=O)CCCCC(C)CC)cc2)nc1. The molecule has 1 unspecified atom stereocenters. The van der Waals surface area contributed by atoms with Gasteiger partial charge in [0.1, 0.15) is 5.75 Å². The van der Waals surface area contributed by atoms with Gasteiger partial charge < -0.3 is 9.47 Å². The van der Waals surface area contributed by atoms with Crippen molar-refractivity contribution in [2.45, 2.75) is 85.0 Å². The number of hydrogen-bond acceptors (Lipinski definition) is 4. The van der Waals surface area contributed by atoms with E-state index in [9.17, 15) is 4.79 Å². The number of aryl methyl sites for hydroxylation is 1. The van der Waals surface area contributed by atoms with E-state index >= 15 is 0 Å². The Labute approximate surface area is 194 Å². The molecule has 2 aromatic rings. The first-order chi connectivity index (χ1) is 15.6. The van der Waals surface area contributed by atoms with Crippen LogP contribution in [0.4, 0.5) is 0 Å². The molecule has 0 bridgehead atoms. The van der Waals surface area contributed by atoms with Gasteiger partial charge in [0.05, 0.1) is 5.69 Å². The monoisotopic (exact) mass is 439 g/mol. The Balaban J connectivity index is 1.71. The predicted octanol–water partition coefficient (Wildman–Crippen LogP) is 7.40. The van der Waals surface area contributed by atoms with Crippen LogP contribution in [0.15, 0.2) is 42.6 Å². The fraction of sp³-hybridized carbons (Fsp3) is 0.571. The number of aromatic nitrogens is 1. The van der Waals surface area contributed by atoms with E-state index in [2.05, 4.69) is 37.9 Å². The van der Waals surface area contributed by atoms with Crippen LogP contribution >= 0.6 is 0 Å². The first-order valence-corrected chi connectivity index (χ1v) is 12.5. The summed E-state index contributed by atoms with van der Waals surface area (Å²) in [6, 6.07) is 11.8. The molecule has 4 heteroatoms. The molecule has 0 aliphatic carbocycles. The number of ether oxygens (including phenoxy) is 2. The largest absolute Gasteiger partial charge is 0.427 e. The number of carbonyl (C=O) groups excluding carboxylic acids is 1. The molecular weight excluding hydrogens is 398 g/mol.